The summed E-state index contributed by atoms with van der Waals surface area (Å²) in [5, 5.41) is 11.5. The van der Waals surface area contributed by atoms with Gasteiger partial charge in [-0.1, -0.05) is 12.1 Å². The van der Waals surface area contributed by atoms with Crippen LogP contribution in [0.25, 0.3) is 6.08 Å². The van der Waals surface area contributed by atoms with Crippen LogP contribution in [0.1, 0.15) is 28.2 Å². The smallest absolute Gasteiger partial charge is 0.248 e. The van der Waals surface area contributed by atoms with Gasteiger partial charge in [-0.25, -0.2) is 4.39 Å². The first-order chi connectivity index (χ1) is 12.8. The summed E-state index contributed by atoms with van der Waals surface area (Å²) in [6.45, 7) is 6.19. The van der Waals surface area contributed by atoms with Gasteiger partial charge in [0.05, 0.1) is 29.8 Å². The van der Waals surface area contributed by atoms with Crippen LogP contribution in [0, 0.1) is 26.6 Å². The van der Waals surface area contributed by atoms with Gasteiger partial charge in [0.15, 0.2) is 0 Å². The third-order valence-electron chi connectivity index (χ3n) is 4.56. The number of hydrogen-bond donors (Lipinski definition) is 1. The Balaban J connectivity index is 1.73. The highest BCUT2D eigenvalue weighted by Gasteiger charge is 2.13. The van der Waals surface area contributed by atoms with E-state index in [4.69, 9.17) is 0 Å². The van der Waals surface area contributed by atoms with E-state index in [1.54, 1.807) is 33.8 Å². The Morgan fingerprint density at radius 1 is 1.19 bits per heavy atom. The van der Waals surface area contributed by atoms with E-state index >= 15 is 0 Å². The van der Waals surface area contributed by atoms with Crippen molar-refractivity contribution >= 4 is 17.7 Å². The normalized spacial score (nSPS) is 11.3. The maximum Gasteiger partial charge on any atom is 0.248 e. The predicted octanol–water partition coefficient (Wildman–Crippen LogP) is 3.38. The van der Waals surface area contributed by atoms with Gasteiger partial charge in [-0.15, -0.1) is 0 Å². The first kappa shape index (κ1) is 18.6. The Morgan fingerprint density at radius 3 is 2.52 bits per heavy atom. The number of rotatable bonds is 5. The van der Waals surface area contributed by atoms with Crippen molar-refractivity contribution in [3.63, 3.8) is 0 Å². The van der Waals surface area contributed by atoms with Crippen molar-refractivity contribution < 1.29 is 9.18 Å². The number of carbonyl (C=O) groups is 1. The lowest BCUT2D eigenvalue weighted by Crippen LogP contribution is -2.10. The van der Waals surface area contributed by atoms with Crippen LogP contribution >= 0.6 is 0 Å². The second-order valence-electron chi connectivity index (χ2n) is 6.46. The molecule has 0 bridgehead atoms. The second-order valence-corrected chi connectivity index (χ2v) is 6.46. The highest BCUT2D eigenvalue weighted by Crippen LogP contribution is 2.21. The molecule has 1 amide bonds. The van der Waals surface area contributed by atoms with Crippen molar-refractivity contribution in [3.8, 4) is 0 Å². The third kappa shape index (κ3) is 4.13. The summed E-state index contributed by atoms with van der Waals surface area (Å²) in [6.07, 6.45) is 4.95. The van der Waals surface area contributed by atoms with E-state index < -0.39 is 0 Å². The van der Waals surface area contributed by atoms with Crippen LogP contribution in [0.3, 0.4) is 0 Å². The minimum Gasteiger partial charge on any atom is -0.319 e. The number of amides is 1. The van der Waals surface area contributed by atoms with Gasteiger partial charge in [-0.05, 0) is 44.5 Å². The molecule has 2 heterocycles. The van der Waals surface area contributed by atoms with Gasteiger partial charge >= 0.3 is 0 Å². The number of anilines is 1. The van der Waals surface area contributed by atoms with Gasteiger partial charge in [-0.2, -0.15) is 10.2 Å². The molecule has 0 spiro atoms. The minimum atomic E-state index is -0.268. The highest BCUT2D eigenvalue weighted by molar-refractivity contribution is 6.02. The molecule has 0 radical (unpaired) electrons. The van der Waals surface area contributed by atoms with E-state index in [9.17, 15) is 9.18 Å². The third-order valence-corrected chi connectivity index (χ3v) is 4.56. The molecule has 0 unspecified atom stereocenters. The molecule has 1 N–H and O–H groups in total. The topological polar surface area (TPSA) is 64.7 Å². The Morgan fingerprint density at radius 2 is 1.89 bits per heavy atom. The molecular formula is C20H22FN5O. The molecule has 3 aromatic rings. The van der Waals surface area contributed by atoms with Gasteiger partial charge < -0.3 is 5.32 Å². The summed E-state index contributed by atoms with van der Waals surface area (Å²) in [5.74, 6) is -0.499. The molecule has 1 aromatic carbocycles. The molecule has 2 aromatic heterocycles. The number of nitrogens with zero attached hydrogens (tertiary/aromatic N) is 4. The first-order valence-electron chi connectivity index (χ1n) is 8.61. The summed E-state index contributed by atoms with van der Waals surface area (Å²) in [5.41, 5.74) is 5.08. The van der Waals surface area contributed by atoms with Gasteiger partial charge in [-0.3, -0.25) is 14.2 Å². The zero-order valence-corrected chi connectivity index (χ0v) is 15.8. The number of benzene rings is 1. The molecule has 3 rings (SSSR count). The van der Waals surface area contributed by atoms with Gasteiger partial charge in [0.25, 0.3) is 0 Å². The molecular weight excluding hydrogens is 345 g/mol. The Bertz CT molecular complexity index is 998. The van der Waals surface area contributed by atoms with Crippen molar-refractivity contribution in [2.45, 2.75) is 27.3 Å². The standard InChI is InChI=1S/C20H22FN5O/c1-13-20(23-19(27)10-7-17-11-22-25(4)14(17)2)15(3)26(24-13)12-16-5-8-18(21)9-6-16/h5-11H,12H2,1-4H3,(H,23,27). The number of nitrogens with one attached hydrogen (secondary N) is 1. The van der Waals surface area contributed by atoms with Crippen LogP contribution < -0.4 is 5.32 Å². The maximum absolute atomic E-state index is 13.1. The molecule has 27 heavy (non-hydrogen) atoms. The molecule has 0 atom stereocenters. The van der Waals surface area contributed by atoms with Gasteiger partial charge in [0, 0.05) is 24.4 Å². The second kappa shape index (κ2) is 7.57. The Kier molecular flexibility index (Phi) is 5.21. The van der Waals surface area contributed by atoms with Gasteiger partial charge in [0.2, 0.25) is 5.91 Å². The molecule has 0 saturated carbocycles. The molecule has 0 saturated heterocycles. The number of aromatic nitrogens is 4. The van der Waals surface area contributed by atoms with Crippen LogP contribution in [-0.4, -0.2) is 25.5 Å². The van der Waals surface area contributed by atoms with Crippen LogP contribution in [0.4, 0.5) is 10.1 Å². The van der Waals surface area contributed by atoms with E-state index in [1.807, 2.05) is 27.8 Å². The number of halogens is 1. The lowest BCUT2D eigenvalue weighted by molar-refractivity contribution is -0.111. The Labute approximate surface area is 157 Å². The zero-order valence-electron chi connectivity index (χ0n) is 15.8. The molecule has 0 aliphatic heterocycles. The summed E-state index contributed by atoms with van der Waals surface area (Å²) < 4.78 is 16.6. The zero-order chi connectivity index (χ0) is 19.6. The molecule has 7 heteroatoms. The quantitative estimate of drug-likeness (QED) is 0.703. The number of carbonyl (C=O) groups excluding carboxylic acids is 1. The molecule has 0 aliphatic carbocycles. The predicted molar refractivity (Wildman–Crippen MR) is 103 cm³/mol. The van der Waals surface area contributed by atoms with Gasteiger partial charge in [0.1, 0.15) is 5.82 Å². The lowest BCUT2D eigenvalue weighted by atomic mass is 10.2. The van der Waals surface area contributed by atoms with E-state index in [0.717, 1.165) is 28.2 Å². The van der Waals surface area contributed by atoms with E-state index in [1.165, 1.54) is 18.2 Å². The molecule has 0 aliphatic rings. The average Bonchev–Trinajstić information content (AvgIpc) is 3.09. The van der Waals surface area contributed by atoms with Crippen LogP contribution in [0.2, 0.25) is 0 Å². The van der Waals surface area contributed by atoms with Crippen LogP contribution in [-0.2, 0) is 18.4 Å². The Hall–Kier alpha value is -3.22. The van der Waals surface area contributed by atoms with Crippen molar-refractivity contribution in [2.75, 3.05) is 5.32 Å². The van der Waals surface area contributed by atoms with E-state index in [-0.39, 0.29) is 11.7 Å². The summed E-state index contributed by atoms with van der Waals surface area (Å²) >= 11 is 0. The number of aryl methyl sites for hydroxylation is 2. The fourth-order valence-electron chi connectivity index (χ4n) is 2.80. The maximum atomic E-state index is 13.1. The van der Waals surface area contributed by atoms with Crippen molar-refractivity contribution in [2.24, 2.45) is 7.05 Å². The van der Waals surface area contributed by atoms with Crippen LogP contribution in [0.15, 0.2) is 36.5 Å². The largest absolute Gasteiger partial charge is 0.319 e. The van der Waals surface area contributed by atoms with Crippen molar-refractivity contribution in [1.82, 2.24) is 19.6 Å². The highest BCUT2D eigenvalue weighted by atomic mass is 19.1. The molecule has 140 valence electrons. The lowest BCUT2D eigenvalue weighted by Gasteiger charge is -2.06. The monoisotopic (exact) mass is 367 g/mol. The summed E-state index contributed by atoms with van der Waals surface area (Å²) in [6, 6.07) is 6.30. The SMILES string of the molecule is Cc1nn(Cc2ccc(F)cc2)c(C)c1NC(=O)C=Cc1cnn(C)c1C. The summed E-state index contributed by atoms with van der Waals surface area (Å²) in [4.78, 5) is 12.3. The summed E-state index contributed by atoms with van der Waals surface area (Å²) in [7, 11) is 1.86. The first-order valence-corrected chi connectivity index (χ1v) is 8.61. The van der Waals surface area contributed by atoms with E-state index in [0.29, 0.717) is 12.2 Å². The van der Waals surface area contributed by atoms with E-state index in [2.05, 4.69) is 15.5 Å². The molecule has 6 nitrogen and oxygen atoms in total. The van der Waals surface area contributed by atoms with Crippen molar-refractivity contribution in [3.05, 3.63) is 70.6 Å². The average molecular weight is 367 g/mol. The fraction of sp³-hybridized carbons (Fsp3) is 0.250. The minimum absolute atomic E-state index is 0.231. The fourth-order valence-corrected chi connectivity index (χ4v) is 2.80. The number of hydrogen-bond acceptors (Lipinski definition) is 3. The van der Waals surface area contributed by atoms with Crippen LogP contribution in [0.5, 0.6) is 0 Å². The van der Waals surface area contributed by atoms with Crippen molar-refractivity contribution in [1.29, 1.82) is 0 Å². The molecule has 0 fully saturated rings.